The average Bonchev–Trinajstić information content (AvgIpc) is 2.46. The van der Waals surface area contributed by atoms with Crippen molar-refractivity contribution >= 4 is 16.6 Å². The van der Waals surface area contributed by atoms with Crippen LogP contribution in [0.1, 0.15) is 27.0 Å². The Morgan fingerprint density at radius 3 is 2.29 bits per heavy atom. The molecule has 104 valence electrons. The number of Topliss-reactive ketones (excluding diaryl/α,β-unsaturated/α-hetero) is 1. The highest BCUT2D eigenvalue weighted by atomic mass is 16.1. The maximum Gasteiger partial charge on any atom is 0.167 e. The van der Waals surface area contributed by atoms with E-state index >= 15 is 0 Å². The van der Waals surface area contributed by atoms with Crippen molar-refractivity contribution in [3.8, 4) is 0 Å². The van der Waals surface area contributed by atoms with E-state index in [-0.39, 0.29) is 5.78 Å². The molecule has 0 aliphatic carbocycles. The van der Waals surface area contributed by atoms with Gasteiger partial charge >= 0.3 is 0 Å². The fourth-order valence-corrected chi connectivity index (χ4v) is 2.86. The van der Waals surface area contributed by atoms with Gasteiger partial charge in [-0.3, -0.25) is 4.79 Å². The molecule has 3 aromatic rings. The Balaban J connectivity index is 1.96. The van der Waals surface area contributed by atoms with Crippen LogP contribution in [-0.4, -0.2) is 5.78 Å². The summed E-state index contributed by atoms with van der Waals surface area (Å²) in [6.07, 6.45) is 0.449. The van der Waals surface area contributed by atoms with Gasteiger partial charge in [-0.25, -0.2) is 0 Å². The normalized spacial score (nSPS) is 10.8. The minimum Gasteiger partial charge on any atom is -0.294 e. The van der Waals surface area contributed by atoms with Gasteiger partial charge in [0.2, 0.25) is 0 Å². The molecule has 0 heterocycles. The van der Waals surface area contributed by atoms with Crippen molar-refractivity contribution < 1.29 is 4.79 Å². The number of fused-ring (bicyclic) bond motifs is 1. The van der Waals surface area contributed by atoms with Crippen LogP contribution in [0.4, 0.5) is 0 Å². The van der Waals surface area contributed by atoms with E-state index in [2.05, 4.69) is 24.3 Å². The summed E-state index contributed by atoms with van der Waals surface area (Å²) in [5, 5.41) is 2.35. The highest BCUT2D eigenvalue weighted by Gasteiger charge is 2.10. The molecular formula is C20H18O. The predicted octanol–water partition coefficient (Wildman–Crippen LogP) is 4.88. The lowest BCUT2D eigenvalue weighted by Gasteiger charge is -2.07. The molecule has 0 fully saturated rings. The highest BCUT2D eigenvalue weighted by molar-refractivity contribution is 6.00. The van der Waals surface area contributed by atoms with Gasteiger partial charge in [0.1, 0.15) is 0 Å². The van der Waals surface area contributed by atoms with E-state index in [0.29, 0.717) is 6.42 Å². The molecule has 0 saturated heterocycles. The molecule has 0 amide bonds. The van der Waals surface area contributed by atoms with Crippen LogP contribution < -0.4 is 0 Å². The lowest BCUT2D eigenvalue weighted by molar-refractivity contribution is 0.0993. The number of rotatable bonds is 3. The maximum absolute atomic E-state index is 12.6. The molecular weight excluding hydrogens is 256 g/mol. The molecule has 1 heteroatoms. The molecule has 0 aromatic heterocycles. The number of hydrogen-bond donors (Lipinski definition) is 0. The topological polar surface area (TPSA) is 17.1 Å². The van der Waals surface area contributed by atoms with Crippen LogP contribution >= 0.6 is 0 Å². The van der Waals surface area contributed by atoms with E-state index in [0.717, 1.165) is 27.6 Å². The third-order valence-corrected chi connectivity index (χ3v) is 3.77. The smallest absolute Gasteiger partial charge is 0.167 e. The van der Waals surface area contributed by atoms with Crippen molar-refractivity contribution in [1.29, 1.82) is 0 Å². The largest absolute Gasteiger partial charge is 0.294 e. The average molecular weight is 274 g/mol. The van der Waals surface area contributed by atoms with E-state index in [4.69, 9.17) is 0 Å². The zero-order chi connectivity index (χ0) is 14.8. The first-order valence-corrected chi connectivity index (χ1v) is 7.21. The summed E-state index contributed by atoms with van der Waals surface area (Å²) >= 11 is 0. The van der Waals surface area contributed by atoms with Crippen LogP contribution in [0.15, 0.2) is 60.7 Å². The van der Waals surface area contributed by atoms with Gasteiger partial charge in [0.15, 0.2) is 5.78 Å². The number of aryl methyl sites for hydroxylation is 2. The molecule has 0 saturated carbocycles. The molecule has 0 aliphatic heterocycles. The molecule has 0 spiro atoms. The first kappa shape index (κ1) is 13.6. The van der Waals surface area contributed by atoms with Gasteiger partial charge in [0.25, 0.3) is 0 Å². The Labute approximate surface area is 125 Å². The predicted molar refractivity (Wildman–Crippen MR) is 87.9 cm³/mol. The minimum absolute atomic E-state index is 0.179. The first-order chi connectivity index (χ1) is 10.1. The Bertz CT molecular complexity index is 789. The van der Waals surface area contributed by atoms with Crippen molar-refractivity contribution in [2.24, 2.45) is 0 Å². The molecule has 0 N–H and O–H groups in total. The summed E-state index contributed by atoms with van der Waals surface area (Å²) in [5.41, 5.74) is 4.17. The quantitative estimate of drug-likeness (QED) is 0.622. The summed E-state index contributed by atoms with van der Waals surface area (Å²) in [5.74, 6) is 0.179. The summed E-state index contributed by atoms with van der Waals surface area (Å²) in [7, 11) is 0. The van der Waals surface area contributed by atoms with Gasteiger partial charge in [0, 0.05) is 12.0 Å². The van der Waals surface area contributed by atoms with Gasteiger partial charge in [-0.15, -0.1) is 0 Å². The second-order valence-electron chi connectivity index (χ2n) is 5.61. The Kier molecular flexibility index (Phi) is 3.57. The van der Waals surface area contributed by atoms with Crippen molar-refractivity contribution in [1.82, 2.24) is 0 Å². The van der Waals surface area contributed by atoms with Crippen LogP contribution in [0.5, 0.6) is 0 Å². The molecule has 0 radical (unpaired) electrons. The van der Waals surface area contributed by atoms with Crippen molar-refractivity contribution in [3.05, 3.63) is 82.9 Å². The Morgan fingerprint density at radius 2 is 1.52 bits per heavy atom. The van der Waals surface area contributed by atoms with Gasteiger partial charge in [-0.1, -0.05) is 59.7 Å². The second-order valence-corrected chi connectivity index (χ2v) is 5.61. The third-order valence-electron chi connectivity index (χ3n) is 3.77. The third kappa shape index (κ3) is 2.87. The standard InChI is InChI=1S/C20H18O/c1-14-10-15(2)12-18(11-14)20(21)13-17-8-5-7-16-6-3-4-9-19(16)17/h3-12H,13H2,1-2H3. The fourth-order valence-electron chi connectivity index (χ4n) is 2.86. The van der Waals surface area contributed by atoms with E-state index in [1.807, 2.05) is 50.2 Å². The Hall–Kier alpha value is -2.41. The molecule has 3 rings (SSSR count). The molecule has 0 unspecified atom stereocenters. The van der Waals surface area contributed by atoms with E-state index < -0.39 is 0 Å². The van der Waals surface area contributed by atoms with Crippen LogP contribution in [0.3, 0.4) is 0 Å². The molecule has 0 atom stereocenters. The van der Waals surface area contributed by atoms with Gasteiger partial charge in [-0.2, -0.15) is 0 Å². The monoisotopic (exact) mass is 274 g/mol. The van der Waals surface area contributed by atoms with E-state index in [1.165, 1.54) is 5.39 Å². The lowest BCUT2D eigenvalue weighted by Crippen LogP contribution is -2.04. The number of benzene rings is 3. The molecule has 3 aromatic carbocycles. The van der Waals surface area contributed by atoms with Gasteiger partial charge < -0.3 is 0 Å². The van der Waals surface area contributed by atoms with Crippen LogP contribution in [0.25, 0.3) is 10.8 Å². The summed E-state index contributed by atoms with van der Waals surface area (Å²) in [6.45, 7) is 4.06. The van der Waals surface area contributed by atoms with Crippen LogP contribution in [0, 0.1) is 13.8 Å². The zero-order valence-electron chi connectivity index (χ0n) is 12.4. The lowest BCUT2D eigenvalue weighted by atomic mass is 9.96. The molecule has 0 bridgehead atoms. The number of carbonyl (C=O) groups excluding carboxylic acids is 1. The Morgan fingerprint density at radius 1 is 0.857 bits per heavy atom. The first-order valence-electron chi connectivity index (χ1n) is 7.21. The van der Waals surface area contributed by atoms with Crippen LogP contribution in [-0.2, 0) is 6.42 Å². The van der Waals surface area contributed by atoms with Crippen molar-refractivity contribution in [3.63, 3.8) is 0 Å². The number of hydrogen-bond acceptors (Lipinski definition) is 1. The van der Waals surface area contributed by atoms with E-state index in [9.17, 15) is 4.79 Å². The van der Waals surface area contributed by atoms with Crippen molar-refractivity contribution in [2.75, 3.05) is 0 Å². The summed E-state index contributed by atoms with van der Waals surface area (Å²) in [6, 6.07) is 20.4. The number of carbonyl (C=O) groups is 1. The molecule has 0 aliphatic rings. The fraction of sp³-hybridized carbons (Fsp3) is 0.150. The highest BCUT2D eigenvalue weighted by Crippen LogP contribution is 2.20. The minimum atomic E-state index is 0.179. The summed E-state index contributed by atoms with van der Waals surface area (Å²) in [4.78, 5) is 12.6. The number of ketones is 1. The van der Waals surface area contributed by atoms with Crippen molar-refractivity contribution in [2.45, 2.75) is 20.3 Å². The zero-order valence-corrected chi connectivity index (χ0v) is 12.4. The maximum atomic E-state index is 12.6. The summed E-state index contributed by atoms with van der Waals surface area (Å²) < 4.78 is 0. The van der Waals surface area contributed by atoms with Gasteiger partial charge in [0.05, 0.1) is 0 Å². The van der Waals surface area contributed by atoms with Gasteiger partial charge in [-0.05, 0) is 42.3 Å². The van der Waals surface area contributed by atoms with E-state index in [1.54, 1.807) is 0 Å². The molecule has 21 heavy (non-hydrogen) atoms. The SMILES string of the molecule is Cc1cc(C)cc(C(=O)Cc2cccc3ccccc23)c1. The second kappa shape index (κ2) is 5.53. The van der Waals surface area contributed by atoms with Crippen LogP contribution in [0.2, 0.25) is 0 Å². The molecule has 1 nitrogen and oxygen atoms in total.